The van der Waals surface area contributed by atoms with Gasteiger partial charge in [-0.15, -0.1) is 0 Å². The minimum absolute atomic E-state index is 0.109. The van der Waals surface area contributed by atoms with E-state index in [4.69, 9.17) is 4.42 Å². The van der Waals surface area contributed by atoms with Crippen molar-refractivity contribution in [2.75, 3.05) is 37.6 Å². The third kappa shape index (κ3) is 4.88. The van der Waals surface area contributed by atoms with Crippen molar-refractivity contribution in [1.82, 2.24) is 20.2 Å². The van der Waals surface area contributed by atoms with Crippen LogP contribution in [-0.2, 0) is 0 Å². The van der Waals surface area contributed by atoms with Gasteiger partial charge in [-0.05, 0) is 31.5 Å². The topological polar surface area (TPSA) is 91.6 Å². The van der Waals surface area contributed by atoms with E-state index in [-0.39, 0.29) is 11.8 Å². The summed E-state index contributed by atoms with van der Waals surface area (Å²) in [6.07, 6.45) is 4.67. The zero-order chi connectivity index (χ0) is 19.9. The van der Waals surface area contributed by atoms with Crippen LogP contribution in [0.5, 0.6) is 0 Å². The molecule has 0 aliphatic carbocycles. The fourth-order valence-electron chi connectivity index (χ4n) is 3.14. The van der Waals surface area contributed by atoms with Gasteiger partial charge in [0.15, 0.2) is 5.76 Å². The molecule has 8 heteroatoms. The van der Waals surface area contributed by atoms with Gasteiger partial charge >= 0.3 is 0 Å². The van der Waals surface area contributed by atoms with Crippen LogP contribution in [0.3, 0.4) is 0 Å². The van der Waals surface area contributed by atoms with E-state index in [9.17, 15) is 9.59 Å². The molecule has 28 heavy (non-hydrogen) atoms. The molecule has 1 N–H and O–H groups in total. The number of rotatable bonds is 7. The molecule has 0 saturated carbocycles. The minimum atomic E-state index is -0.172. The number of amides is 2. The number of unbranched alkanes of at least 4 members (excludes halogenated alkanes) is 2. The van der Waals surface area contributed by atoms with Gasteiger partial charge in [-0.25, -0.2) is 9.97 Å². The molecule has 0 atom stereocenters. The maximum Gasteiger partial charge on any atom is 0.289 e. The number of piperazine rings is 1. The largest absolute Gasteiger partial charge is 0.459 e. The van der Waals surface area contributed by atoms with E-state index < -0.39 is 0 Å². The van der Waals surface area contributed by atoms with Crippen molar-refractivity contribution in [3.05, 3.63) is 41.6 Å². The second kappa shape index (κ2) is 9.34. The average Bonchev–Trinajstić information content (AvgIpc) is 3.25. The first kappa shape index (κ1) is 19.9. The van der Waals surface area contributed by atoms with E-state index >= 15 is 0 Å². The Hall–Kier alpha value is -2.90. The zero-order valence-electron chi connectivity index (χ0n) is 16.5. The Bertz CT molecular complexity index is 798. The fraction of sp³-hybridized carbons (Fsp3) is 0.500. The molecular formula is C20H27N5O3. The summed E-state index contributed by atoms with van der Waals surface area (Å²) in [4.78, 5) is 37.5. The Labute approximate surface area is 164 Å². The molecule has 0 unspecified atom stereocenters. The molecule has 1 aliphatic rings. The summed E-state index contributed by atoms with van der Waals surface area (Å²) < 4.78 is 5.19. The normalized spacial score (nSPS) is 14.2. The third-order valence-electron chi connectivity index (χ3n) is 4.72. The van der Waals surface area contributed by atoms with Crippen molar-refractivity contribution < 1.29 is 14.0 Å². The van der Waals surface area contributed by atoms with Crippen LogP contribution in [0, 0.1) is 6.92 Å². The maximum absolute atomic E-state index is 12.4. The molecule has 2 aromatic heterocycles. The number of furan rings is 1. The van der Waals surface area contributed by atoms with Gasteiger partial charge in [0.2, 0.25) is 5.95 Å². The van der Waals surface area contributed by atoms with E-state index in [2.05, 4.69) is 22.2 Å². The van der Waals surface area contributed by atoms with Gasteiger partial charge in [-0.1, -0.05) is 19.8 Å². The van der Waals surface area contributed by atoms with Gasteiger partial charge in [-0.2, -0.15) is 0 Å². The number of hydrogen-bond donors (Lipinski definition) is 1. The Morgan fingerprint density at radius 2 is 1.96 bits per heavy atom. The van der Waals surface area contributed by atoms with Crippen LogP contribution in [0.4, 0.5) is 5.95 Å². The van der Waals surface area contributed by atoms with Crippen molar-refractivity contribution in [2.24, 2.45) is 0 Å². The van der Waals surface area contributed by atoms with Gasteiger partial charge in [0, 0.05) is 38.4 Å². The molecule has 1 saturated heterocycles. The lowest BCUT2D eigenvalue weighted by Gasteiger charge is -2.34. The Balaban J connectivity index is 1.60. The second-order valence-electron chi connectivity index (χ2n) is 6.91. The smallest absolute Gasteiger partial charge is 0.289 e. The predicted molar refractivity (Wildman–Crippen MR) is 105 cm³/mol. The highest BCUT2D eigenvalue weighted by Gasteiger charge is 2.25. The monoisotopic (exact) mass is 385 g/mol. The van der Waals surface area contributed by atoms with Gasteiger partial charge in [0.1, 0.15) is 5.69 Å². The van der Waals surface area contributed by atoms with Crippen LogP contribution in [0.2, 0.25) is 0 Å². The number of aromatic nitrogens is 2. The fourth-order valence-corrected chi connectivity index (χ4v) is 3.14. The number of hydrogen-bond acceptors (Lipinski definition) is 6. The summed E-state index contributed by atoms with van der Waals surface area (Å²) in [5.74, 6) is 0.600. The summed E-state index contributed by atoms with van der Waals surface area (Å²) in [5, 5.41) is 2.92. The van der Waals surface area contributed by atoms with E-state index in [1.165, 1.54) is 6.26 Å². The van der Waals surface area contributed by atoms with Crippen molar-refractivity contribution in [2.45, 2.75) is 33.1 Å². The molecule has 2 amide bonds. The molecule has 150 valence electrons. The van der Waals surface area contributed by atoms with Gasteiger partial charge < -0.3 is 19.5 Å². The van der Waals surface area contributed by atoms with Gasteiger partial charge in [0.25, 0.3) is 11.8 Å². The van der Waals surface area contributed by atoms with Crippen molar-refractivity contribution >= 4 is 17.8 Å². The van der Waals surface area contributed by atoms with Crippen molar-refractivity contribution in [1.29, 1.82) is 0 Å². The third-order valence-corrected chi connectivity index (χ3v) is 4.72. The van der Waals surface area contributed by atoms with E-state index in [0.717, 1.165) is 25.0 Å². The van der Waals surface area contributed by atoms with E-state index in [1.54, 1.807) is 23.1 Å². The van der Waals surface area contributed by atoms with Crippen LogP contribution < -0.4 is 10.2 Å². The molecule has 3 rings (SSSR count). The molecule has 0 bridgehead atoms. The molecule has 1 aliphatic heterocycles. The van der Waals surface area contributed by atoms with E-state index in [1.807, 2.05) is 11.8 Å². The minimum Gasteiger partial charge on any atom is -0.459 e. The summed E-state index contributed by atoms with van der Waals surface area (Å²) in [5.41, 5.74) is 1.13. The van der Waals surface area contributed by atoms with Crippen LogP contribution >= 0.6 is 0 Å². The number of nitrogens with one attached hydrogen (secondary N) is 1. The first-order valence-corrected chi connectivity index (χ1v) is 9.80. The highest BCUT2D eigenvalue weighted by molar-refractivity contribution is 5.93. The van der Waals surface area contributed by atoms with Gasteiger partial charge in [-0.3, -0.25) is 9.59 Å². The highest BCUT2D eigenvalue weighted by Crippen LogP contribution is 2.15. The molecule has 0 radical (unpaired) electrons. The van der Waals surface area contributed by atoms with Crippen LogP contribution in [0.15, 0.2) is 28.9 Å². The van der Waals surface area contributed by atoms with Crippen LogP contribution in [0.25, 0.3) is 0 Å². The van der Waals surface area contributed by atoms with Crippen LogP contribution in [0.1, 0.15) is 52.9 Å². The Morgan fingerprint density at radius 3 is 2.64 bits per heavy atom. The molecule has 0 aromatic carbocycles. The van der Waals surface area contributed by atoms with E-state index in [0.29, 0.717) is 50.1 Å². The van der Waals surface area contributed by atoms with Crippen LogP contribution in [-0.4, -0.2) is 59.4 Å². The Kier molecular flexibility index (Phi) is 6.62. The molecule has 3 heterocycles. The summed E-state index contributed by atoms with van der Waals surface area (Å²) in [6.45, 7) is 6.95. The summed E-state index contributed by atoms with van der Waals surface area (Å²) in [6, 6.07) is 5.08. The lowest BCUT2D eigenvalue weighted by atomic mass is 10.2. The number of anilines is 1. The first-order valence-electron chi connectivity index (χ1n) is 9.80. The van der Waals surface area contributed by atoms with Crippen molar-refractivity contribution in [3.8, 4) is 0 Å². The number of nitrogens with zero attached hydrogens (tertiary/aromatic N) is 4. The van der Waals surface area contributed by atoms with Gasteiger partial charge in [0.05, 0.1) is 6.26 Å². The summed E-state index contributed by atoms with van der Waals surface area (Å²) in [7, 11) is 0. The molecule has 2 aromatic rings. The Morgan fingerprint density at radius 1 is 1.18 bits per heavy atom. The second-order valence-corrected chi connectivity index (χ2v) is 6.91. The standard InChI is InChI=1S/C20H27N5O3/c1-3-4-5-8-21-18(26)16-14-15(2)22-20(23-16)25-11-9-24(10-12-25)19(27)17-7-6-13-28-17/h6-7,13-14H,3-5,8-12H2,1-2H3,(H,21,26). The number of carbonyl (C=O) groups is 2. The molecule has 8 nitrogen and oxygen atoms in total. The lowest BCUT2D eigenvalue weighted by Crippen LogP contribution is -2.49. The molecule has 1 fully saturated rings. The predicted octanol–water partition coefficient (Wildman–Crippen LogP) is 2.26. The number of carbonyl (C=O) groups excluding carboxylic acids is 2. The van der Waals surface area contributed by atoms with Crippen molar-refractivity contribution in [3.63, 3.8) is 0 Å². The quantitative estimate of drug-likeness (QED) is 0.735. The average molecular weight is 385 g/mol. The maximum atomic E-state index is 12.4. The SMILES string of the molecule is CCCCCNC(=O)c1cc(C)nc(N2CCN(C(=O)c3ccco3)CC2)n1. The zero-order valence-corrected chi connectivity index (χ0v) is 16.5. The lowest BCUT2D eigenvalue weighted by molar-refractivity contribution is 0.0714. The summed E-state index contributed by atoms with van der Waals surface area (Å²) >= 11 is 0. The number of aryl methyl sites for hydroxylation is 1. The molecule has 0 spiro atoms. The first-order chi connectivity index (χ1) is 13.6. The molecular weight excluding hydrogens is 358 g/mol. The highest BCUT2D eigenvalue weighted by atomic mass is 16.3.